The Balaban J connectivity index is 0.00000148. The zero-order valence-electron chi connectivity index (χ0n) is 64.8. The number of aliphatic carboxylic acids is 4. The third-order valence-electron chi connectivity index (χ3n) is 16.0. The van der Waals surface area contributed by atoms with Crippen LogP contribution in [0.1, 0.15) is 205 Å². The molecule has 4 heterocycles. The van der Waals surface area contributed by atoms with E-state index in [2.05, 4.69) is 131 Å². The minimum atomic E-state index is -1.19. The molecule has 0 aliphatic carbocycles. The van der Waals surface area contributed by atoms with Crippen molar-refractivity contribution in [3.63, 3.8) is 0 Å². The van der Waals surface area contributed by atoms with Gasteiger partial charge in [0.1, 0.15) is 24.2 Å². The van der Waals surface area contributed by atoms with Crippen molar-refractivity contribution >= 4 is 94.8 Å². The van der Waals surface area contributed by atoms with Gasteiger partial charge in [0.05, 0.1) is 77.7 Å². The molecule has 1 radical (unpaired) electrons. The molecule has 0 saturated heterocycles. The van der Waals surface area contributed by atoms with Crippen LogP contribution in [0.25, 0.3) is 0 Å². The number of hydrogen-bond acceptors (Lipinski definition) is 20. The van der Waals surface area contributed by atoms with Crippen LogP contribution < -0.4 is 63.8 Å². The van der Waals surface area contributed by atoms with E-state index in [-0.39, 0.29) is 119 Å². The molecule has 41 heteroatoms. The molecule has 113 heavy (non-hydrogen) atoms. The second kappa shape index (κ2) is 64.5. The van der Waals surface area contributed by atoms with E-state index in [0.29, 0.717) is 48.5 Å². The molecule has 0 aliphatic rings. The van der Waals surface area contributed by atoms with Gasteiger partial charge in [0.25, 0.3) is 0 Å². The standard InChI is InChI=1S/4C18H29N5O5.Cu/c4*1-2-3-4-5-6-7-15(24)20-10-16(25)21-11-17(26)23-14(18(27)28)8-13-9-19-12-22-13;/h4*9,12,14H,2-8,10-11H2,1H3,(H,19,22)(H,20,24)(H,21,25)(H,23,26)(H,27,28);/q;;;;+2/t4*14-;/m0000./s1. The number of aromatic nitrogens is 8. The third-order valence-corrected chi connectivity index (χ3v) is 16.0. The molecule has 20 N–H and O–H groups in total. The van der Waals surface area contributed by atoms with E-state index in [1.165, 1.54) is 50.1 Å². The van der Waals surface area contributed by atoms with Crippen LogP contribution in [0, 0.1) is 0 Å². The van der Waals surface area contributed by atoms with Crippen molar-refractivity contribution < 1.29 is 114 Å². The number of aromatic amines is 4. The second-order valence-corrected chi connectivity index (χ2v) is 25.8. The minimum absolute atomic E-state index is 0. The van der Waals surface area contributed by atoms with Crippen LogP contribution in [0.2, 0.25) is 0 Å². The maximum Gasteiger partial charge on any atom is 2.00 e. The first-order chi connectivity index (χ1) is 53.7. The maximum absolute atomic E-state index is 11.9. The first-order valence-corrected chi connectivity index (χ1v) is 37.8. The predicted octanol–water partition coefficient (Wildman–Crippen LogP) is 0.455. The van der Waals surface area contributed by atoms with E-state index < -0.39 is 95.3 Å². The summed E-state index contributed by atoms with van der Waals surface area (Å²) in [5, 5.41) is 65.4. The first-order valence-electron chi connectivity index (χ1n) is 37.8. The van der Waals surface area contributed by atoms with Crippen LogP contribution in [-0.4, -0.2) is 232 Å². The van der Waals surface area contributed by atoms with Gasteiger partial charge in [-0.2, -0.15) is 0 Å². The Labute approximate surface area is 666 Å². The van der Waals surface area contributed by atoms with E-state index in [1.54, 1.807) is 0 Å². The van der Waals surface area contributed by atoms with Gasteiger partial charge in [-0.1, -0.05) is 130 Å². The largest absolute Gasteiger partial charge is 2.00 e. The number of rotatable bonds is 56. The van der Waals surface area contributed by atoms with Crippen LogP contribution in [-0.2, 0) is 119 Å². The number of amides is 12. The molecule has 4 aromatic heterocycles. The van der Waals surface area contributed by atoms with E-state index in [4.69, 9.17) is 0 Å². The zero-order valence-corrected chi connectivity index (χ0v) is 65.7. The number of nitrogens with one attached hydrogen (secondary N) is 16. The number of imidazole rings is 4. The third kappa shape index (κ3) is 55.9. The molecular weight excluding hydrogens is 1530 g/mol. The van der Waals surface area contributed by atoms with Gasteiger partial charge in [-0.3, -0.25) is 57.5 Å². The molecule has 12 amide bonds. The Morgan fingerprint density at radius 1 is 0.265 bits per heavy atom. The fourth-order valence-corrected chi connectivity index (χ4v) is 9.84. The topological polar surface area (TPSA) is 613 Å². The summed E-state index contributed by atoms with van der Waals surface area (Å²) < 4.78 is 0. The number of nitrogens with zero attached hydrogens (tertiary/aromatic N) is 4. The van der Waals surface area contributed by atoms with E-state index in [1.807, 2.05) is 0 Å². The molecule has 4 atom stereocenters. The quantitative estimate of drug-likeness (QED) is 0.0211. The molecule has 4 rings (SSSR count). The van der Waals surface area contributed by atoms with Crippen molar-refractivity contribution in [2.24, 2.45) is 0 Å². The number of carboxylic acids is 4. The van der Waals surface area contributed by atoms with Crippen molar-refractivity contribution in [2.45, 2.75) is 232 Å². The van der Waals surface area contributed by atoms with Gasteiger partial charge in [0.15, 0.2) is 0 Å². The Morgan fingerprint density at radius 2 is 0.434 bits per heavy atom. The van der Waals surface area contributed by atoms with Crippen LogP contribution in [0.5, 0.6) is 0 Å². The molecule has 0 aliphatic heterocycles. The molecule has 40 nitrogen and oxygen atoms in total. The fourth-order valence-electron chi connectivity index (χ4n) is 9.84. The molecule has 0 aromatic carbocycles. The number of carbonyl (C=O) groups excluding carboxylic acids is 12. The van der Waals surface area contributed by atoms with Crippen molar-refractivity contribution in [1.82, 2.24) is 104 Å². The average molecular weight is 1650 g/mol. The summed E-state index contributed by atoms with van der Waals surface area (Å²) in [6.07, 6.45) is 33.7. The van der Waals surface area contributed by atoms with Crippen LogP contribution in [0.15, 0.2) is 50.1 Å². The zero-order chi connectivity index (χ0) is 83.1. The number of carboxylic acid groups (broad SMARTS) is 4. The molecular formula is C72H116CuN20O20+2. The Morgan fingerprint density at radius 3 is 0.593 bits per heavy atom. The molecule has 4 aromatic rings. The van der Waals surface area contributed by atoms with Gasteiger partial charge in [-0.25, -0.2) is 39.1 Å². The van der Waals surface area contributed by atoms with Crippen molar-refractivity contribution in [3.8, 4) is 0 Å². The van der Waals surface area contributed by atoms with E-state index >= 15 is 0 Å². The van der Waals surface area contributed by atoms with Gasteiger partial charge >= 0.3 is 40.9 Å². The number of hydrogen-bond donors (Lipinski definition) is 20. The minimum Gasteiger partial charge on any atom is -0.480 e. The summed E-state index contributed by atoms with van der Waals surface area (Å²) in [7, 11) is 0. The Bertz CT molecular complexity index is 2980. The monoisotopic (exact) mass is 1640 g/mol. The van der Waals surface area contributed by atoms with Crippen LogP contribution >= 0.6 is 0 Å². The smallest absolute Gasteiger partial charge is 0.480 e. The number of unbranched alkanes of at least 4 members (excludes halogenated alkanes) is 16. The molecule has 0 fully saturated rings. The van der Waals surface area contributed by atoms with Gasteiger partial charge in [-0.05, 0) is 25.7 Å². The second-order valence-electron chi connectivity index (χ2n) is 25.8. The summed E-state index contributed by atoms with van der Waals surface area (Å²) in [5.41, 5.74) is 2.26. The summed E-state index contributed by atoms with van der Waals surface area (Å²) in [4.78, 5) is 212. The van der Waals surface area contributed by atoms with Gasteiger partial charge < -0.3 is 104 Å². The molecule has 0 bridgehead atoms. The Kier molecular flexibility index (Phi) is 58.2. The van der Waals surface area contributed by atoms with Crippen molar-refractivity contribution in [3.05, 3.63) is 72.9 Å². The SMILES string of the molecule is CCCCCCCC(=O)NCC(=O)NCC(=O)N[C@@H](Cc1cnc[nH]1)C(=O)O.CCCCCCCC(=O)NCC(=O)NCC(=O)N[C@@H](Cc1cnc[nH]1)C(=O)O.CCCCCCCC(=O)NCC(=O)NCC(=O)N[C@@H](Cc1cnc[nH]1)C(=O)O.CCCCCCCC(=O)NCC(=O)NCC(=O)N[C@@H](Cc1cnc[nH]1)C(=O)O.[Cu+2]. The van der Waals surface area contributed by atoms with Crippen molar-refractivity contribution in [1.29, 1.82) is 0 Å². The first kappa shape index (κ1) is 102. The number of carbonyl (C=O) groups is 16. The summed E-state index contributed by atoms with van der Waals surface area (Å²) in [6, 6.07) is -4.57. The van der Waals surface area contributed by atoms with E-state index in [9.17, 15) is 97.1 Å². The predicted molar refractivity (Wildman–Crippen MR) is 405 cm³/mol. The molecule has 633 valence electrons. The molecule has 0 unspecified atom stereocenters. The average Bonchev–Trinajstić information content (AvgIpc) is 1.89. The van der Waals surface area contributed by atoms with Crippen LogP contribution in [0.3, 0.4) is 0 Å². The van der Waals surface area contributed by atoms with Crippen LogP contribution in [0.4, 0.5) is 0 Å². The summed E-state index contributed by atoms with van der Waals surface area (Å²) >= 11 is 0. The number of H-pyrrole nitrogens is 4. The summed E-state index contributed by atoms with van der Waals surface area (Å²) in [5.74, 6) is -10.2. The van der Waals surface area contributed by atoms with E-state index in [0.717, 1.165) is 128 Å². The normalized spacial score (nSPS) is 11.4. The van der Waals surface area contributed by atoms with Crippen molar-refractivity contribution in [2.75, 3.05) is 52.4 Å². The Hall–Kier alpha value is -11.1. The molecule has 0 saturated carbocycles. The summed E-state index contributed by atoms with van der Waals surface area (Å²) in [6.45, 7) is 6.07. The van der Waals surface area contributed by atoms with Gasteiger partial charge in [0, 0.05) is 98.9 Å². The van der Waals surface area contributed by atoms with Gasteiger partial charge in [-0.15, -0.1) is 0 Å². The maximum atomic E-state index is 11.9. The van der Waals surface area contributed by atoms with Gasteiger partial charge in [0.2, 0.25) is 70.9 Å². The molecule has 0 spiro atoms. The fraction of sp³-hybridized carbons (Fsp3) is 0.611.